The number of non-ortho nitro benzene ring substituents is 1. The predicted molar refractivity (Wildman–Crippen MR) is 67.6 cm³/mol. The van der Waals surface area contributed by atoms with Crippen molar-refractivity contribution in [2.75, 3.05) is 0 Å². The van der Waals surface area contributed by atoms with Crippen LogP contribution in [0, 0.1) is 10.1 Å². The van der Waals surface area contributed by atoms with Gasteiger partial charge < -0.3 is 0 Å². The van der Waals surface area contributed by atoms with Gasteiger partial charge in [-0.05, 0) is 18.4 Å². The molecule has 6 heteroatoms. The molecule has 88 valence electrons. The monoisotopic (exact) mass is 268 g/mol. The van der Waals surface area contributed by atoms with Crippen LogP contribution >= 0.6 is 22.9 Å². The minimum Gasteiger partial charge on any atom is -0.258 e. The highest BCUT2D eigenvalue weighted by molar-refractivity contribution is 7.07. The number of nitro groups is 1. The van der Waals surface area contributed by atoms with Crippen LogP contribution in [0.3, 0.4) is 0 Å². The van der Waals surface area contributed by atoms with Crippen molar-refractivity contribution in [3.63, 3.8) is 0 Å². The predicted octanol–water partition coefficient (Wildman–Crippen LogP) is 3.49. The van der Waals surface area contributed by atoms with Crippen LogP contribution in [0.5, 0.6) is 0 Å². The number of nitrogens with zero attached hydrogens (tertiary/aromatic N) is 2. The Kier molecular flexibility index (Phi) is 3.71. The molecular formula is C11H9ClN2O2S. The van der Waals surface area contributed by atoms with Crippen molar-refractivity contribution in [3.05, 3.63) is 55.5 Å². The molecule has 0 N–H and O–H groups in total. The van der Waals surface area contributed by atoms with Crippen LogP contribution in [0.4, 0.5) is 5.69 Å². The summed E-state index contributed by atoms with van der Waals surface area (Å²) in [7, 11) is 0. The lowest BCUT2D eigenvalue weighted by Crippen LogP contribution is -1.94. The van der Waals surface area contributed by atoms with Crippen LogP contribution in [0.2, 0.25) is 5.02 Å². The molecule has 0 spiro atoms. The van der Waals surface area contributed by atoms with E-state index in [4.69, 9.17) is 11.6 Å². The van der Waals surface area contributed by atoms with Crippen molar-refractivity contribution < 1.29 is 4.92 Å². The highest BCUT2D eigenvalue weighted by Crippen LogP contribution is 2.23. The number of hydrogen-bond acceptors (Lipinski definition) is 4. The summed E-state index contributed by atoms with van der Waals surface area (Å²) in [6, 6.07) is 4.56. The average molecular weight is 269 g/mol. The van der Waals surface area contributed by atoms with Crippen LogP contribution in [-0.4, -0.2) is 9.91 Å². The third-order valence-electron chi connectivity index (χ3n) is 2.38. The Labute approximate surface area is 107 Å². The molecule has 0 aliphatic carbocycles. The fourth-order valence-corrected chi connectivity index (χ4v) is 2.34. The fraction of sp³-hybridized carbons (Fsp3) is 0.182. The second-order valence-electron chi connectivity index (χ2n) is 3.51. The first kappa shape index (κ1) is 12.0. The maximum Gasteiger partial charge on any atom is 0.270 e. The number of nitro benzene ring substituents is 1. The molecule has 0 saturated carbocycles. The zero-order valence-electron chi connectivity index (χ0n) is 8.80. The molecule has 17 heavy (non-hydrogen) atoms. The van der Waals surface area contributed by atoms with Gasteiger partial charge in [-0.3, -0.25) is 10.1 Å². The summed E-state index contributed by atoms with van der Waals surface area (Å²) in [5.41, 5.74) is 3.73. The highest BCUT2D eigenvalue weighted by Gasteiger charge is 2.09. The molecule has 1 aromatic heterocycles. The maximum absolute atomic E-state index is 10.5. The standard InChI is InChI=1S/C11H9ClN2O2S/c12-11-5-10(14(15)16)4-2-8(11)1-3-9-6-17-7-13-9/h2,4-7H,1,3H2. The molecule has 2 aromatic rings. The molecule has 0 fully saturated rings. The van der Waals surface area contributed by atoms with Crippen LogP contribution in [0.1, 0.15) is 11.3 Å². The topological polar surface area (TPSA) is 56.0 Å². The minimum atomic E-state index is -0.448. The lowest BCUT2D eigenvalue weighted by Gasteiger charge is -2.02. The Morgan fingerprint density at radius 2 is 2.24 bits per heavy atom. The van der Waals surface area contributed by atoms with E-state index in [9.17, 15) is 10.1 Å². The molecular weight excluding hydrogens is 260 g/mol. The maximum atomic E-state index is 10.5. The van der Waals surface area contributed by atoms with Gasteiger partial charge in [-0.2, -0.15) is 0 Å². The van der Waals surface area contributed by atoms with Gasteiger partial charge in [0.2, 0.25) is 0 Å². The van der Waals surface area contributed by atoms with E-state index in [1.165, 1.54) is 12.1 Å². The summed E-state index contributed by atoms with van der Waals surface area (Å²) in [4.78, 5) is 14.3. The van der Waals surface area contributed by atoms with Gasteiger partial charge in [-0.1, -0.05) is 17.7 Å². The van der Waals surface area contributed by atoms with Crippen molar-refractivity contribution in [2.24, 2.45) is 0 Å². The number of thiazole rings is 1. The Balaban J connectivity index is 2.09. The van der Waals surface area contributed by atoms with Crippen LogP contribution in [-0.2, 0) is 12.8 Å². The molecule has 0 radical (unpaired) electrons. The molecule has 0 atom stereocenters. The molecule has 0 amide bonds. The van der Waals surface area contributed by atoms with Crippen molar-refractivity contribution >= 4 is 28.6 Å². The number of halogens is 1. The van der Waals surface area contributed by atoms with Crippen molar-refractivity contribution in [2.45, 2.75) is 12.8 Å². The summed E-state index contributed by atoms with van der Waals surface area (Å²) in [6.45, 7) is 0. The first-order chi connectivity index (χ1) is 8.16. The van der Waals surface area contributed by atoms with E-state index < -0.39 is 4.92 Å². The van der Waals surface area contributed by atoms with Crippen molar-refractivity contribution in [1.82, 2.24) is 4.98 Å². The number of hydrogen-bond donors (Lipinski definition) is 0. The van der Waals surface area contributed by atoms with Gasteiger partial charge in [0.25, 0.3) is 5.69 Å². The van der Waals surface area contributed by atoms with Crippen molar-refractivity contribution in [3.8, 4) is 0 Å². The Morgan fingerprint density at radius 1 is 1.41 bits per heavy atom. The summed E-state index contributed by atoms with van der Waals surface area (Å²) in [6.07, 6.45) is 1.53. The summed E-state index contributed by atoms with van der Waals surface area (Å²) in [5.74, 6) is 0. The van der Waals surface area contributed by atoms with Crippen molar-refractivity contribution in [1.29, 1.82) is 0 Å². The van der Waals surface area contributed by atoms with Gasteiger partial charge >= 0.3 is 0 Å². The molecule has 0 saturated heterocycles. The van der Waals surface area contributed by atoms with E-state index >= 15 is 0 Å². The molecule has 0 aliphatic rings. The van der Waals surface area contributed by atoms with Gasteiger partial charge in [0, 0.05) is 17.5 Å². The highest BCUT2D eigenvalue weighted by atomic mass is 35.5. The summed E-state index contributed by atoms with van der Waals surface area (Å²) < 4.78 is 0. The van der Waals surface area contributed by atoms with E-state index in [1.807, 2.05) is 5.38 Å². The third-order valence-corrected chi connectivity index (χ3v) is 3.37. The summed E-state index contributed by atoms with van der Waals surface area (Å²) in [5, 5.41) is 13.0. The van der Waals surface area contributed by atoms with Crippen LogP contribution in [0.25, 0.3) is 0 Å². The van der Waals surface area contributed by atoms with Crippen LogP contribution in [0.15, 0.2) is 29.1 Å². The Hall–Kier alpha value is -1.46. The van der Waals surface area contributed by atoms with Crippen LogP contribution < -0.4 is 0 Å². The first-order valence-electron chi connectivity index (χ1n) is 4.96. The Morgan fingerprint density at radius 3 is 2.82 bits per heavy atom. The second kappa shape index (κ2) is 5.25. The number of benzene rings is 1. The van der Waals surface area contributed by atoms with Gasteiger partial charge in [0.1, 0.15) is 0 Å². The summed E-state index contributed by atoms with van der Waals surface area (Å²) >= 11 is 7.54. The first-order valence-corrected chi connectivity index (χ1v) is 6.29. The molecule has 1 aromatic carbocycles. The molecule has 0 bridgehead atoms. The largest absolute Gasteiger partial charge is 0.270 e. The third kappa shape index (κ3) is 3.01. The Bertz CT molecular complexity index is 528. The normalized spacial score (nSPS) is 10.4. The van der Waals surface area contributed by atoms with E-state index in [0.717, 1.165) is 24.1 Å². The molecule has 4 nitrogen and oxygen atoms in total. The minimum absolute atomic E-state index is 0.0207. The number of aryl methyl sites for hydroxylation is 2. The quantitative estimate of drug-likeness (QED) is 0.630. The number of rotatable bonds is 4. The SMILES string of the molecule is O=[N+]([O-])c1ccc(CCc2cscn2)c(Cl)c1. The zero-order valence-corrected chi connectivity index (χ0v) is 10.4. The van der Waals surface area contributed by atoms with E-state index in [0.29, 0.717) is 5.02 Å². The molecule has 2 rings (SSSR count). The van der Waals surface area contributed by atoms with Gasteiger partial charge in [-0.15, -0.1) is 11.3 Å². The van der Waals surface area contributed by atoms with Gasteiger partial charge in [0.05, 0.1) is 21.2 Å². The van der Waals surface area contributed by atoms with E-state index in [1.54, 1.807) is 22.9 Å². The zero-order chi connectivity index (χ0) is 12.3. The number of aromatic nitrogens is 1. The molecule has 1 heterocycles. The molecule has 0 aliphatic heterocycles. The van der Waals surface area contributed by atoms with Gasteiger partial charge in [0.15, 0.2) is 0 Å². The van der Waals surface area contributed by atoms with Gasteiger partial charge in [-0.25, -0.2) is 4.98 Å². The second-order valence-corrected chi connectivity index (χ2v) is 4.64. The average Bonchev–Trinajstić information content (AvgIpc) is 2.80. The lowest BCUT2D eigenvalue weighted by atomic mass is 10.1. The molecule has 0 unspecified atom stereocenters. The smallest absolute Gasteiger partial charge is 0.258 e. The lowest BCUT2D eigenvalue weighted by molar-refractivity contribution is -0.384. The fourth-order valence-electron chi connectivity index (χ4n) is 1.48. The van der Waals surface area contributed by atoms with E-state index in [-0.39, 0.29) is 5.69 Å². The van der Waals surface area contributed by atoms with E-state index in [2.05, 4.69) is 4.98 Å².